The molecule has 1 saturated carbocycles. The second-order valence-electron chi connectivity index (χ2n) is 10.1. The second-order valence-corrected chi connectivity index (χ2v) is 10.9. The van der Waals surface area contributed by atoms with E-state index in [1.165, 1.54) is 28.3 Å². The van der Waals surface area contributed by atoms with Crippen LogP contribution in [-0.2, 0) is 7.05 Å². The Morgan fingerprint density at radius 1 is 1.26 bits per heavy atom. The number of hydrogen-bond acceptors (Lipinski definition) is 5. The fraction of sp³-hybridized carbons (Fsp3) is 0.414. The van der Waals surface area contributed by atoms with Gasteiger partial charge in [-0.2, -0.15) is 10.2 Å². The van der Waals surface area contributed by atoms with Crippen molar-refractivity contribution in [1.82, 2.24) is 20.0 Å². The molecular formula is C29H37F2N7S. The molecular weight excluding hydrogens is 516 g/mol. The highest BCUT2D eigenvalue weighted by atomic mass is 32.2. The predicted octanol–water partition coefficient (Wildman–Crippen LogP) is 7.23. The molecule has 10 heteroatoms. The molecule has 2 aromatic heterocycles. The van der Waals surface area contributed by atoms with Gasteiger partial charge in [0.15, 0.2) is 17.5 Å². The molecule has 4 rings (SSSR count). The first-order chi connectivity index (χ1) is 18.5. The van der Waals surface area contributed by atoms with Gasteiger partial charge in [0, 0.05) is 53.6 Å². The molecule has 0 saturated heterocycles. The van der Waals surface area contributed by atoms with E-state index in [1.807, 2.05) is 38.7 Å². The predicted molar refractivity (Wildman–Crippen MR) is 157 cm³/mol. The van der Waals surface area contributed by atoms with Crippen LogP contribution in [0.25, 0.3) is 5.57 Å². The fourth-order valence-electron chi connectivity index (χ4n) is 4.61. The average molecular weight is 554 g/mol. The molecule has 208 valence electrons. The van der Waals surface area contributed by atoms with Crippen molar-refractivity contribution in [3.8, 4) is 0 Å². The molecule has 0 atom stereocenters. The van der Waals surface area contributed by atoms with Crippen molar-refractivity contribution in [2.24, 2.45) is 18.0 Å². The Hall–Kier alpha value is -3.40. The van der Waals surface area contributed by atoms with E-state index in [2.05, 4.69) is 34.5 Å². The number of thioether (sulfide) groups is 1. The van der Waals surface area contributed by atoms with Gasteiger partial charge in [0.2, 0.25) is 0 Å². The Morgan fingerprint density at radius 2 is 1.97 bits per heavy atom. The van der Waals surface area contributed by atoms with Gasteiger partial charge in [0.1, 0.15) is 17.3 Å². The van der Waals surface area contributed by atoms with Gasteiger partial charge in [0.25, 0.3) is 0 Å². The summed E-state index contributed by atoms with van der Waals surface area (Å²) >= 11 is 1.32. The Kier molecular flexibility index (Phi) is 8.64. The number of aromatic nitrogens is 4. The average Bonchev–Trinajstić information content (AvgIpc) is 3.52. The number of aryl methyl sites for hydroxylation is 2. The van der Waals surface area contributed by atoms with Crippen LogP contribution in [-0.4, -0.2) is 39.1 Å². The summed E-state index contributed by atoms with van der Waals surface area (Å²) in [5.41, 5.74) is 5.58. The summed E-state index contributed by atoms with van der Waals surface area (Å²) in [4.78, 5) is 7.05. The summed E-state index contributed by atoms with van der Waals surface area (Å²) in [7, 11) is 3.54. The number of aliphatic imine (C=N–C) groups is 1. The SMILES string of the molecule is CC/C(C)=C(/C(=C(\N=C(/C)N(C)c1c(F)cc(SC)c(C)c1F)Nc1cc(C)[nH]n1)C1CC1)c1cnn(C)c1. The van der Waals surface area contributed by atoms with Crippen molar-refractivity contribution in [3.63, 3.8) is 0 Å². The first kappa shape index (κ1) is 28.6. The number of H-pyrrole nitrogens is 1. The third-order valence-electron chi connectivity index (χ3n) is 7.12. The Morgan fingerprint density at radius 3 is 2.51 bits per heavy atom. The van der Waals surface area contributed by atoms with E-state index >= 15 is 8.78 Å². The number of amidine groups is 1. The second kappa shape index (κ2) is 11.8. The number of anilines is 2. The third kappa shape index (κ3) is 6.11. The molecule has 0 bridgehead atoms. The molecule has 7 nitrogen and oxygen atoms in total. The lowest BCUT2D eigenvalue weighted by Crippen LogP contribution is -2.27. The molecule has 39 heavy (non-hydrogen) atoms. The minimum atomic E-state index is -0.624. The lowest BCUT2D eigenvalue weighted by Gasteiger charge is -2.24. The standard InChI is InChI=1S/C29H37F2N7S/c1-9-16(2)25(21-14-32-37(6)15-21)26(20-10-11-20)29(34-24-12-17(3)35-36-24)33-19(5)38(7)28-22(30)13-23(39-8)18(4)27(28)31/h12-15,20H,9-11H2,1-8H3,(H2,34,35,36)/b25-16+,29-26+,33-19+. The van der Waals surface area contributed by atoms with Crippen molar-refractivity contribution in [2.45, 2.75) is 58.8 Å². The molecule has 2 heterocycles. The monoisotopic (exact) mass is 553 g/mol. The largest absolute Gasteiger partial charge is 0.328 e. The van der Waals surface area contributed by atoms with Crippen molar-refractivity contribution in [1.29, 1.82) is 0 Å². The summed E-state index contributed by atoms with van der Waals surface area (Å²) in [5, 5.41) is 15.2. The maximum absolute atomic E-state index is 15.4. The molecule has 0 spiro atoms. The normalized spacial score (nSPS) is 15.3. The van der Waals surface area contributed by atoms with Gasteiger partial charge < -0.3 is 10.2 Å². The lowest BCUT2D eigenvalue weighted by molar-refractivity contribution is 0.572. The van der Waals surface area contributed by atoms with E-state index in [0.29, 0.717) is 33.9 Å². The van der Waals surface area contributed by atoms with Crippen LogP contribution in [0.15, 0.2) is 51.4 Å². The first-order valence-corrected chi connectivity index (χ1v) is 14.3. The topological polar surface area (TPSA) is 74.1 Å². The van der Waals surface area contributed by atoms with Gasteiger partial charge in [-0.3, -0.25) is 9.78 Å². The summed E-state index contributed by atoms with van der Waals surface area (Å²) in [6.45, 7) is 9.62. The van der Waals surface area contributed by atoms with E-state index in [4.69, 9.17) is 4.99 Å². The van der Waals surface area contributed by atoms with Gasteiger partial charge in [-0.25, -0.2) is 13.8 Å². The lowest BCUT2D eigenvalue weighted by atomic mass is 9.91. The highest BCUT2D eigenvalue weighted by molar-refractivity contribution is 7.98. The van der Waals surface area contributed by atoms with E-state index in [0.717, 1.165) is 41.7 Å². The van der Waals surface area contributed by atoms with Crippen LogP contribution < -0.4 is 10.2 Å². The minimum absolute atomic E-state index is 0.123. The van der Waals surface area contributed by atoms with Crippen molar-refractivity contribution in [3.05, 3.63) is 69.9 Å². The van der Waals surface area contributed by atoms with Gasteiger partial charge in [-0.1, -0.05) is 12.5 Å². The van der Waals surface area contributed by atoms with Gasteiger partial charge >= 0.3 is 0 Å². The fourth-order valence-corrected chi connectivity index (χ4v) is 5.22. The summed E-state index contributed by atoms with van der Waals surface area (Å²) < 4.78 is 32.4. The zero-order chi connectivity index (χ0) is 28.4. The minimum Gasteiger partial charge on any atom is -0.328 e. The van der Waals surface area contributed by atoms with Crippen LogP contribution >= 0.6 is 11.8 Å². The Labute approximate surface area is 233 Å². The number of aromatic amines is 1. The molecule has 2 N–H and O–H groups in total. The number of rotatable bonds is 9. The number of halogens is 2. The molecule has 0 unspecified atom stereocenters. The molecule has 1 aliphatic carbocycles. The van der Waals surface area contributed by atoms with E-state index < -0.39 is 11.6 Å². The third-order valence-corrected chi connectivity index (χ3v) is 7.98. The molecule has 0 radical (unpaired) electrons. The molecule has 0 amide bonds. The first-order valence-electron chi connectivity index (χ1n) is 13.1. The van der Waals surface area contributed by atoms with Crippen LogP contribution in [0, 0.1) is 31.4 Å². The van der Waals surface area contributed by atoms with Gasteiger partial charge in [0.05, 0.1) is 6.20 Å². The Balaban J connectivity index is 1.91. The molecule has 3 aromatic rings. The van der Waals surface area contributed by atoms with E-state index in [9.17, 15) is 0 Å². The molecule has 0 aliphatic heterocycles. The van der Waals surface area contributed by atoms with Crippen LogP contribution in [0.5, 0.6) is 0 Å². The number of nitrogens with one attached hydrogen (secondary N) is 2. The summed E-state index contributed by atoms with van der Waals surface area (Å²) in [5.74, 6) is 0.758. The Bertz CT molecular complexity index is 1460. The highest BCUT2D eigenvalue weighted by Crippen LogP contribution is 2.46. The number of allylic oxidation sites excluding steroid dienone is 3. The summed E-state index contributed by atoms with van der Waals surface area (Å²) in [6.07, 6.45) is 8.61. The van der Waals surface area contributed by atoms with Crippen LogP contribution in [0.2, 0.25) is 0 Å². The van der Waals surface area contributed by atoms with Crippen molar-refractivity contribution >= 4 is 34.7 Å². The summed E-state index contributed by atoms with van der Waals surface area (Å²) in [6, 6.07) is 3.29. The number of hydrogen-bond donors (Lipinski definition) is 2. The maximum Gasteiger partial charge on any atom is 0.153 e. The number of nitrogens with zero attached hydrogens (tertiary/aromatic N) is 5. The zero-order valence-electron chi connectivity index (χ0n) is 23.9. The zero-order valence-corrected chi connectivity index (χ0v) is 24.7. The molecule has 1 fully saturated rings. The van der Waals surface area contributed by atoms with E-state index in [-0.39, 0.29) is 5.69 Å². The van der Waals surface area contributed by atoms with E-state index in [1.54, 1.807) is 25.6 Å². The van der Waals surface area contributed by atoms with Crippen molar-refractivity contribution in [2.75, 3.05) is 23.5 Å². The smallest absolute Gasteiger partial charge is 0.153 e. The highest BCUT2D eigenvalue weighted by Gasteiger charge is 2.33. The number of benzene rings is 1. The van der Waals surface area contributed by atoms with Gasteiger partial charge in [-0.15, -0.1) is 11.8 Å². The van der Waals surface area contributed by atoms with Crippen LogP contribution in [0.4, 0.5) is 20.3 Å². The van der Waals surface area contributed by atoms with Crippen LogP contribution in [0.1, 0.15) is 56.9 Å². The molecule has 1 aliphatic rings. The quantitative estimate of drug-likeness (QED) is 0.127. The van der Waals surface area contributed by atoms with Crippen LogP contribution in [0.3, 0.4) is 0 Å². The van der Waals surface area contributed by atoms with Crippen molar-refractivity contribution < 1.29 is 8.78 Å². The van der Waals surface area contributed by atoms with Gasteiger partial charge in [-0.05, 0) is 70.8 Å². The molecule has 1 aromatic carbocycles. The maximum atomic E-state index is 15.4.